The number of hydrogen-bond donors (Lipinski definition) is 2. The Bertz CT molecular complexity index is 781. The smallest absolute Gasteiger partial charge is 0.270 e. The standard InChI is InChI=1S/C15H14N4O/c1-9-11-7-19(8-14(11)18-17-9)15(20)13-6-10-4-2-3-5-12(10)16-13/h2-6,16H,7-8H2,1H3,(H,17,18). The molecule has 3 aromatic rings. The quantitative estimate of drug-likeness (QED) is 0.710. The lowest BCUT2D eigenvalue weighted by Gasteiger charge is -2.14. The van der Waals surface area contributed by atoms with Crippen LogP contribution in [0.2, 0.25) is 0 Å². The lowest BCUT2D eigenvalue weighted by atomic mass is 10.2. The van der Waals surface area contributed by atoms with Gasteiger partial charge in [0.2, 0.25) is 0 Å². The third-order valence-corrected chi connectivity index (χ3v) is 3.90. The van der Waals surface area contributed by atoms with E-state index in [-0.39, 0.29) is 5.91 Å². The van der Waals surface area contributed by atoms with E-state index in [2.05, 4.69) is 15.2 Å². The topological polar surface area (TPSA) is 64.8 Å². The summed E-state index contributed by atoms with van der Waals surface area (Å²) in [6.07, 6.45) is 0. The summed E-state index contributed by atoms with van der Waals surface area (Å²) in [5, 5.41) is 8.26. The fourth-order valence-electron chi connectivity index (χ4n) is 2.77. The van der Waals surface area contributed by atoms with Crippen molar-refractivity contribution in [1.82, 2.24) is 20.1 Å². The molecular formula is C15H14N4O. The van der Waals surface area contributed by atoms with E-state index in [0.29, 0.717) is 18.8 Å². The van der Waals surface area contributed by atoms with Gasteiger partial charge < -0.3 is 9.88 Å². The van der Waals surface area contributed by atoms with Gasteiger partial charge in [-0.2, -0.15) is 5.10 Å². The van der Waals surface area contributed by atoms with Crippen molar-refractivity contribution in [2.45, 2.75) is 20.0 Å². The maximum absolute atomic E-state index is 12.6. The van der Waals surface area contributed by atoms with Crippen LogP contribution in [0.3, 0.4) is 0 Å². The number of aromatic amines is 2. The second-order valence-electron chi connectivity index (χ2n) is 5.21. The maximum atomic E-state index is 12.6. The maximum Gasteiger partial charge on any atom is 0.270 e. The largest absolute Gasteiger partial charge is 0.351 e. The molecule has 0 unspecified atom stereocenters. The number of aryl methyl sites for hydroxylation is 1. The van der Waals surface area contributed by atoms with Gasteiger partial charge in [-0.25, -0.2) is 0 Å². The highest BCUT2D eigenvalue weighted by Crippen LogP contribution is 2.25. The number of carbonyl (C=O) groups is 1. The summed E-state index contributed by atoms with van der Waals surface area (Å²) in [6, 6.07) is 9.82. The molecule has 0 spiro atoms. The number of hydrogen-bond acceptors (Lipinski definition) is 2. The fourth-order valence-corrected chi connectivity index (χ4v) is 2.77. The number of carbonyl (C=O) groups excluding carboxylic acids is 1. The van der Waals surface area contributed by atoms with Crippen LogP contribution in [0.25, 0.3) is 10.9 Å². The Balaban J connectivity index is 1.65. The van der Waals surface area contributed by atoms with Gasteiger partial charge in [0, 0.05) is 22.2 Å². The molecule has 0 aliphatic carbocycles. The summed E-state index contributed by atoms with van der Waals surface area (Å²) < 4.78 is 0. The molecule has 2 aromatic heterocycles. The Hall–Kier alpha value is -2.56. The van der Waals surface area contributed by atoms with Crippen LogP contribution < -0.4 is 0 Å². The molecule has 5 nitrogen and oxygen atoms in total. The summed E-state index contributed by atoms with van der Waals surface area (Å²) >= 11 is 0. The van der Waals surface area contributed by atoms with E-state index in [1.54, 1.807) is 0 Å². The van der Waals surface area contributed by atoms with Crippen molar-refractivity contribution in [2.24, 2.45) is 0 Å². The molecule has 3 heterocycles. The average Bonchev–Trinajstić information content (AvgIpc) is 3.13. The van der Waals surface area contributed by atoms with Gasteiger partial charge >= 0.3 is 0 Å². The van der Waals surface area contributed by atoms with E-state index in [0.717, 1.165) is 27.9 Å². The minimum Gasteiger partial charge on any atom is -0.351 e. The van der Waals surface area contributed by atoms with E-state index >= 15 is 0 Å². The van der Waals surface area contributed by atoms with E-state index in [1.807, 2.05) is 42.2 Å². The SMILES string of the molecule is Cc1[nH]nc2c1CN(C(=O)c1cc3ccccc3[nH]1)C2. The van der Waals surface area contributed by atoms with Crippen molar-refractivity contribution >= 4 is 16.8 Å². The van der Waals surface area contributed by atoms with Gasteiger partial charge in [-0.1, -0.05) is 18.2 Å². The van der Waals surface area contributed by atoms with Crippen molar-refractivity contribution in [3.05, 3.63) is 53.0 Å². The number of benzene rings is 1. The lowest BCUT2D eigenvalue weighted by Crippen LogP contribution is -2.26. The van der Waals surface area contributed by atoms with Crippen LogP contribution in [0.1, 0.15) is 27.4 Å². The van der Waals surface area contributed by atoms with Gasteiger partial charge in [0.25, 0.3) is 5.91 Å². The summed E-state index contributed by atoms with van der Waals surface area (Å²) in [4.78, 5) is 17.6. The second-order valence-corrected chi connectivity index (χ2v) is 5.21. The third-order valence-electron chi connectivity index (χ3n) is 3.90. The molecule has 0 fully saturated rings. The molecule has 0 radical (unpaired) electrons. The number of amides is 1. The molecule has 0 bridgehead atoms. The Morgan fingerprint density at radius 3 is 2.95 bits per heavy atom. The molecule has 20 heavy (non-hydrogen) atoms. The molecule has 0 saturated carbocycles. The fraction of sp³-hybridized carbons (Fsp3) is 0.200. The van der Waals surface area contributed by atoms with Gasteiger partial charge in [0.15, 0.2) is 0 Å². The highest BCUT2D eigenvalue weighted by atomic mass is 16.2. The van der Waals surface area contributed by atoms with Crippen LogP contribution in [0.15, 0.2) is 30.3 Å². The first-order valence-corrected chi connectivity index (χ1v) is 6.62. The molecule has 1 aromatic carbocycles. The molecule has 2 N–H and O–H groups in total. The summed E-state index contributed by atoms with van der Waals surface area (Å²) in [7, 11) is 0. The van der Waals surface area contributed by atoms with E-state index in [4.69, 9.17) is 0 Å². The Labute approximate surface area is 115 Å². The van der Waals surface area contributed by atoms with Crippen LogP contribution >= 0.6 is 0 Å². The van der Waals surface area contributed by atoms with Crippen molar-refractivity contribution in [3.8, 4) is 0 Å². The predicted octanol–water partition coefficient (Wildman–Crippen LogP) is 2.36. The predicted molar refractivity (Wildman–Crippen MR) is 75.2 cm³/mol. The van der Waals surface area contributed by atoms with Gasteiger partial charge in [0.05, 0.1) is 18.8 Å². The highest BCUT2D eigenvalue weighted by molar-refractivity contribution is 5.98. The minimum atomic E-state index is 0.0265. The summed E-state index contributed by atoms with van der Waals surface area (Å²) in [6.45, 7) is 3.20. The number of H-pyrrole nitrogens is 2. The second kappa shape index (κ2) is 3.96. The number of nitrogens with one attached hydrogen (secondary N) is 2. The zero-order valence-corrected chi connectivity index (χ0v) is 11.1. The van der Waals surface area contributed by atoms with Crippen molar-refractivity contribution in [3.63, 3.8) is 0 Å². The Morgan fingerprint density at radius 1 is 1.30 bits per heavy atom. The molecule has 5 heteroatoms. The first-order valence-electron chi connectivity index (χ1n) is 6.62. The number of fused-ring (bicyclic) bond motifs is 2. The molecule has 1 amide bonds. The van der Waals surface area contributed by atoms with Gasteiger partial charge in [-0.05, 0) is 19.1 Å². The van der Waals surface area contributed by atoms with Crippen LogP contribution in [0, 0.1) is 6.92 Å². The normalized spacial score (nSPS) is 13.9. The first-order chi connectivity index (χ1) is 9.72. The van der Waals surface area contributed by atoms with Gasteiger partial charge in [-0.15, -0.1) is 0 Å². The zero-order chi connectivity index (χ0) is 13.7. The van der Waals surface area contributed by atoms with Crippen LogP contribution in [0.4, 0.5) is 0 Å². The van der Waals surface area contributed by atoms with E-state index in [1.165, 1.54) is 0 Å². The molecule has 4 rings (SSSR count). The molecule has 0 atom stereocenters. The van der Waals surface area contributed by atoms with E-state index in [9.17, 15) is 4.79 Å². The number of aromatic nitrogens is 3. The zero-order valence-electron chi connectivity index (χ0n) is 11.1. The van der Waals surface area contributed by atoms with Crippen molar-refractivity contribution in [1.29, 1.82) is 0 Å². The minimum absolute atomic E-state index is 0.0265. The first kappa shape index (κ1) is 11.3. The Kier molecular flexibility index (Phi) is 2.24. The van der Waals surface area contributed by atoms with Crippen LogP contribution in [-0.2, 0) is 13.1 Å². The van der Waals surface area contributed by atoms with Crippen LogP contribution in [0.5, 0.6) is 0 Å². The Morgan fingerprint density at radius 2 is 2.15 bits per heavy atom. The van der Waals surface area contributed by atoms with Gasteiger partial charge in [0.1, 0.15) is 5.69 Å². The molecule has 1 aliphatic heterocycles. The monoisotopic (exact) mass is 266 g/mol. The molecule has 1 aliphatic rings. The number of rotatable bonds is 1. The van der Waals surface area contributed by atoms with Gasteiger partial charge in [-0.3, -0.25) is 9.89 Å². The summed E-state index contributed by atoms with van der Waals surface area (Å²) in [5.41, 5.74) is 4.80. The van der Waals surface area contributed by atoms with Crippen LogP contribution in [-0.4, -0.2) is 26.0 Å². The average molecular weight is 266 g/mol. The summed E-state index contributed by atoms with van der Waals surface area (Å²) in [5.74, 6) is 0.0265. The number of para-hydroxylation sites is 1. The third kappa shape index (κ3) is 1.56. The molecule has 100 valence electrons. The number of nitrogens with zero attached hydrogens (tertiary/aromatic N) is 2. The molecule has 0 saturated heterocycles. The molecular weight excluding hydrogens is 252 g/mol. The van der Waals surface area contributed by atoms with Crippen molar-refractivity contribution < 1.29 is 4.79 Å². The van der Waals surface area contributed by atoms with E-state index < -0.39 is 0 Å². The highest BCUT2D eigenvalue weighted by Gasteiger charge is 2.28. The van der Waals surface area contributed by atoms with Crippen molar-refractivity contribution in [2.75, 3.05) is 0 Å². The lowest BCUT2D eigenvalue weighted by molar-refractivity contribution is 0.0744.